The second-order valence-electron chi connectivity index (χ2n) is 6.23. The molecule has 0 bridgehead atoms. The third kappa shape index (κ3) is 5.14. The normalized spacial score (nSPS) is 26.8. The lowest BCUT2D eigenvalue weighted by molar-refractivity contribution is 0.298. The molecule has 1 aromatic rings. The van der Waals surface area contributed by atoms with Crippen LogP contribution in [0, 0.1) is 5.92 Å². The van der Waals surface area contributed by atoms with Gasteiger partial charge in [-0.05, 0) is 57.1 Å². The minimum Gasteiger partial charge on any atom is -0.484 e. The summed E-state index contributed by atoms with van der Waals surface area (Å²) < 4.78 is 18.0. The van der Waals surface area contributed by atoms with Gasteiger partial charge in [0.05, 0.1) is 0 Å². The van der Waals surface area contributed by atoms with Crippen LogP contribution in [0.2, 0.25) is 0 Å². The Labute approximate surface area is 127 Å². The molecule has 1 saturated carbocycles. The first-order chi connectivity index (χ1) is 9.97. The van der Waals surface area contributed by atoms with Crippen molar-refractivity contribution in [1.29, 1.82) is 0 Å². The summed E-state index contributed by atoms with van der Waals surface area (Å²) in [5, 5.41) is 0. The molecule has 0 aromatic heterocycles. The highest BCUT2D eigenvalue weighted by Crippen LogP contribution is 2.52. The molecule has 4 nitrogen and oxygen atoms in total. The first-order valence-electron chi connectivity index (χ1n) is 7.72. The fraction of sp³-hybridized carbons (Fsp3) is 0.625. The van der Waals surface area contributed by atoms with Crippen LogP contribution in [0.3, 0.4) is 0 Å². The van der Waals surface area contributed by atoms with Gasteiger partial charge in [-0.2, -0.15) is 0 Å². The van der Waals surface area contributed by atoms with Crippen molar-refractivity contribution in [3.8, 4) is 5.75 Å². The van der Waals surface area contributed by atoms with Crippen LogP contribution in [0.1, 0.15) is 39.0 Å². The van der Waals surface area contributed by atoms with Crippen LogP contribution >= 0.6 is 7.37 Å². The molecule has 21 heavy (non-hydrogen) atoms. The van der Waals surface area contributed by atoms with Crippen molar-refractivity contribution in [2.24, 2.45) is 11.7 Å². The molecule has 1 aliphatic rings. The van der Waals surface area contributed by atoms with E-state index in [4.69, 9.17) is 10.5 Å². The molecule has 2 rings (SSSR count). The summed E-state index contributed by atoms with van der Waals surface area (Å²) in [6.45, 7) is 2.02. The molecule has 5 heteroatoms. The molecule has 2 atom stereocenters. The number of rotatable bonds is 6. The SMILES string of the molecule is C[C@@H](N)CC1CCC(P(=O)(O)COc2ccccc2)CC1. The zero-order chi connectivity index (χ0) is 15.3. The molecular formula is C16H26NO3P. The average molecular weight is 311 g/mol. The van der Waals surface area contributed by atoms with E-state index in [9.17, 15) is 9.46 Å². The zero-order valence-electron chi connectivity index (χ0n) is 12.6. The van der Waals surface area contributed by atoms with E-state index in [0.29, 0.717) is 11.7 Å². The lowest BCUT2D eigenvalue weighted by atomic mass is 9.85. The summed E-state index contributed by atoms with van der Waals surface area (Å²) in [5.41, 5.74) is 5.71. The minimum atomic E-state index is -3.25. The van der Waals surface area contributed by atoms with E-state index in [2.05, 4.69) is 0 Å². The van der Waals surface area contributed by atoms with Crippen molar-refractivity contribution < 1.29 is 14.2 Å². The van der Waals surface area contributed by atoms with Crippen molar-refractivity contribution in [2.75, 3.05) is 6.35 Å². The molecule has 118 valence electrons. The Morgan fingerprint density at radius 2 is 1.90 bits per heavy atom. The fourth-order valence-electron chi connectivity index (χ4n) is 3.10. The summed E-state index contributed by atoms with van der Waals surface area (Å²) in [5.74, 6) is 1.26. The molecule has 0 spiro atoms. The third-order valence-corrected chi connectivity index (χ3v) is 6.41. The van der Waals surface area contributed by atoms with Crippen LogP contribution in [0.4, 0.5) is 0 Å². The van der Waals surface area contributed by atoms with Crippen LogP contribution in [0.15, 0.2) is 30.3 Å². The number of nitrogens with two attached hydrogens (primary N) is 1. The fourth-order valence-corrected chi connectivity index (χ4v) is 4.75. The second-order valence-corrected chi connectivity index (χ2v) is 8.73. The Bertz CT molecular complexity index is 470. The average Bonchev–Trinajstić information content (AvgIpc) is 2.46. The summed E-state index contributed by atoms with van der Waals surface area (Å²) in [6.07, 6.45) is 4.55. The van der Waals surface area contributed by atoms with Crippen LogP contribution < -0.4 is 10.5 Å². The maximum Gasteiger partial charge on any atom is 0.239 e. The Morgan fingerprint density at radius 3 is 2.48 bits per heavy atom. The Kier molecular flexibility index (Phi) is 5.86. The predicted molar refractivity (Wildman–Crippen MR) is 85.8 cm³/mol. The van der Waals surface area contributed by atoms with Crippen LogP contribution in [-0.4, -0.2) is 22.9 Å². The van der Waals surface area contributed by atoms with E-state index >= 15 is 0 Å². The van der Waals surface area contributed by atoms with Crippen molar-refractivity contribution >= 4 is 7.37 Å². The molecule has 1 aromatic carbocycles. The lowest BCUT2D eigenvalue weighted by Gasteiger charge is -2.31. The van der Waals surface area contributed by atoms with Gasteiger partial charge in [0.2, 0.25) is 7.37 Å². The Morgan fingerprint density at radius 1 is 1.29 bits per heavy atom. The molecule has 0 aliphatic heterocycles. The number of hydrogen-bond donors (Lipinski definition) is 2. The van der Waals surface area contributed by atoms with Crippen molar-refractivity contribution in [2.45, 2.75) is 50.7 Å². The van der Waals surface area contributed by atoms with Crippen LogP contribution in [0.5, 0.6) is 5.75 Å². The quantitative estimate of drug-likeness (QED) is 0.788. The highest BCUT2D eigenvalue weighted by atomic mass is 31.2. The first-order valence-corrected chi connectivity index (χ1v) is 9.63. The summed E-state index contributed by atoms with van der Waals surface area (Å²) in [4.78, 5) is 10.3. The summed E-state index contributed by atoms with van der Waals surface area (Å²) in [6, 6.07) is 9.44. The van der Waals surface area contributed by atoms with Gasteiger partial charge >= 0.3 is 0 Å². The maximum absolute atomic E-state index is 12.5. The molecule has 0 radical (unpaired) electrons. The standard InChI is InChI=1S/C16H26NO3P/c1-13(17)11-14-7-9-16(10-8-14)21(18,19)12-20-15-5-3-2-4-6-15/h2-6,13-14,16H,7-12,17H2,1H3,(H,18,19)/t13-,14?,16?/m1/s1. The van der Waals surface area contributed by atoms with Gasteiger partial charge in [-0.3, -0.25) is 4.57 Å². The summed E-state index contributed by atoms with van der Waals surface area (Å²) >= 11 is 0. The smallest absolute Gasteiger partial charge is 0.239 e. The van der Waals surface area contributed by atoms with E-state index in [1.807, 2.05) is 25.1 Å². The number of benzene rings is 1. The van der Waals surface area contributed by atoms with Crippen LogP contribution in [-0.2, 0) is 4.57 Å². The Balaban J connectivity index is 1.82. The van der Waals surface area contributed by atoms with Gasteiger partial charge in [-0.25, -0.2) is 0 Å². The van der Waals surface area contributed by atoms with Crippen LogP contribution in [0.25, 0.3) is 0 Å². The number of hydrogen-bond acceptors (Lipinski definition) is 3. The molecular weight excluding hydrogens is 285 g/mol. The Hall–Kier alpha value is -0.830. The van der Waals surface area contributed by atoms with Crippen molar-refractivity contribution in [1.82, 2.24) is 0 Å². The first kappa shape index (κ1) is 16.5. The lowest BCUT2D eigenvalue weighted by Crippen LogP contribution is -2.26. The second kappa shape index (κ2) is 7.44. The number of para-hydroxylation sites is 1. The van der Waals surface area contributed by atoms with Gasteiger partial charge in [0, 0.05) is 11.7 Å². The molecule has 1 aliphatic carbocycles. The van der Waals surface area contributed by atoms with Crippen molar-refractivity contribution in [3.63, 3.8) is 0 Å². The number of ether oxygens (including phenoxy) is 1. The van der Waals surface area contributed by atoms with Gasteiger partial charge in [0.1, 0.15) is 5.75 Å². The van der Waals surface area contributed by atoms with Gasteiger partial charge in [0.25, 0.3) is 0 Å². The highest BCUT2D eigenvalue weighted by Gasteiger charge is 2.35. The highest BCUT2D eigenvalue weighted by molar-refractivity contribution is 7.58. The molecule has 3 N–H and O–H groups in total. The van der Waals surface area contributed by atoms with Crippen molar-refractivity contribution in [3.05, 3.63) is 30.3 Å². The van der Waals surface area contributed by atoms with E-state index < -0.39 is 7.37 Å². The maximum atomic E-state index is 12.5. The van der Waals surface area contributed by atoms with E-state index in [-0.39, 0.29) is 18.0 Å². The summed E-state index contributed by atoms with van der Waals surface area (Å²) in [7, 11) is -3.25. The molecule has 0 heterocycles. The largest absolute Gasteiger partial charge is 0.484 e. The van der Waals surface area contributed by atoms with E-state index in [0.717, 1.165) is 32.1 Å². The molecule has 0 saturated heterocycles. The molecule has 1 fully saturated rings. The topological polar surface area (TPSA) is 72.6 Å². The minimum absolute atomic E-state index is 0.0837. The predicted octanol–water partition coefficient (Wildman–Crippen LogP) is 3.59. The van der Waals surface area contributed by atoms with Gasteiger partial charge < -0.3 is 15.4 Å². The third-order valence-electron chi connectivity index (χ3n) is 4.25. The van der Waals surface area contributed by atoms with Gasteiger partial charge in [0.15, 0.2) is 6.35 Å². The van der Waals surface area contributed by atoms with E-state index in [1.54, 1.807) is 12.1 Å². The van der Waals surface area contributed by atoms with E-state index in [1.165, 1.54) is 0 Å². The zero-order valence-corrected chi connectivity index (χ0v) is 13.5. The van der Waals surface area contributed by atoms with Gasteiger partial charge in [-0.15, -0.1) is 0 Å². The molecule has 1 unspecified atom stereocenters. The van der Waals surface area contributed by atoms with Gasteiger partial charge in [-0.1, -0.05) is 18.2 Å². The monoisotopic (exact) mass is 311 g/mol. The molecule has 0 amide bonds.